The van der Waals surface area contributed by atoms with Crippen molar-refractivity contribution in [3.8, 4) is 11.6 Å². The Kier molecular flexibility index (Phi) is 4.65. The summed E-state index contributed by atoms with van der Waals surface area (Å²) < 4.78 is 10.5. The lowest BCUT2D eigenvalue weighted by atomic mass is 10.2. The number of aromatic nitrogens is 2. The summed E-state index contributed by atoms with van der Waals surface area (Å²) in [5, 5.41) is 0. The fourth-order valence-electron chi connectivity index (χ4n) is 1.62. The highest BCUT2D eigenvalue weighted by Crippen LogP contribution is 2.20. The number of esters is 1. The lowest BCUT2D eigenvalue weighted by molar-refractivity contribution is 0.0526. The summed E-state index contributed by atoms with van der Waals surface area (Å²) in [6, 6.07) is 8.53. The third-order valence-corrected chi connectivity index (χ3v) is 2.65. The van der Waals surface area contributed by atoms with E-state index in [-0.39, 0.29) is 5.97 Å². The second-order valence-corrected chi connectivity index (χ2v) is 4.05. The van der Waals surface area contributed by atoms with Gasteiger partial charge in [0.2, 0.25) is 5.88 Å². The first-order valence-electron chi connectivity index (χ1n) is 6.49. The molecule has 2 rings (SSSR count). The number of carbonyl (C=O) groups is 1. The molecule has 0 fully saturated rings. The maximum Gasteiger partial charge on any atom is 0.338 e. The summed E-state index contributed by atoms with van der Waals surface area (Å²) in [7, 11) is 0. The van der Waals surface area contributed by atoms with Gasteiger partial charge in [0.25, 0.3) is 0 Å². The summed E-state index contributed by atoms with van der Waals surface area (Å²) in [5.41, 5.74) is 1.41. The van der Waals surface area contributed by atoms with Gasteiger partial charge < -0.3 is 9.47 Å². The van der Waals surface area contributed by atoms with Crippen LogP contribution in [0.15, 0.2) is 36.7 Å². The van der Waals surface area contributed by atoms with Crippen molar-refractivity contribution in [2.75, 3.05) is 6.61 Å². The molecule has 1 aromatic heterocycles. The topological polar surface area (TPSA) is 61.3 Å². The Morgan fingerprint density at radius 1 is 1.15 bits per heavy atom. The molecule has 0 aliphatic heterocycles. The quantitative estimate of drug-likeness (QED) is 0.783. The van der Waals surface area contributed by atoms with Crippen LogP contribution < -0.4 is 4.74 Å². The molecule has 0 amide bonds. The van der Waals surface area contributed by atoms with Crippen LogP contribution in [-0.2, 0) is 11.2 Å². The minimum absolute atomic E-state index is 0.339. The van der Waals surface area contributed by atoms with Gasteiger partial charge in [-0.1, -0.05) is 6.92 Å². The Labute approximate surface area is 117 Å². The van der Waals surface area contributed by atoms with E-state index in [0.29, 0.717) is 23.8 Å². The van der Waals surface area contributed by atoms with Crippen molar-refractivity contribution < 1.29 is 14.3 Å². The zero-order valence-electron chi connectivity index (χ0n) is 11.5. The molecule has 0 aliphatic carbocycles. The summed E-state index contributed by atoms with van der Waals surface area (Å²) in [5.74, 6) is 0.758. The van der Waals surface area contributed by atoms with E-state index in [4.69, 9.17) is 9.47 Å². The van der Waals surface area contributed by atoms with Crippen LogP contribution in [-0.4, -0.2) is 22.5 Å². The van der Waals surface area contributed by atoms with Crippen molar-refractivity contribution in [1.82, 2.24) is 9.97 Å². The van der Waals surface area contributed by atoms with Crippen molar-refractivity contribution in [2.45, 2.75) is 20.3 Å². The van der Waals surface area contributed by atoms with Crippen molar-refractivity contribution in [3.63, 3.8) is 0 Å². The summed E-state index contributed by atoms with van der Waals surface area (Å²) in [6.07, 6.45) is 2.29. The van der Waals surface area contributed by atoms with Crippen LogP contribution in [0.3, 0.4) is 0 Å². The standard InChI is InChI=1S/C15H16N2O3/c1-3-12-9-14(17-10-16-12)20-13-7-5-11(6-8-13)15(18)19-4-2/h5-10H,3-4H2,1-2H3. The third kappa shape index (κ3) is 3.54. The highest BCUT2D eigenvalue weighted by atomic mass is 16.5. The summed E-state index contributed by atoms with van der Waals surface area (Å²) in [4.78, 5) is 19.7. The van der Waals surface area contributed by atoms with Gasteiger partial charge in [-0.25, -0.2) is 14.8 Å². The molecule has 0 saturated carbocycles. The van der Waals surface area contributed by atoms with E-state index in [1.54, 1.807) is 37.3 Å². The lowest BCUT2D eigenvalue weighted by Gasteiger charge is -2.06. The number of hydrogen-bond acceptors (Lipinski definition) is 5. The fraction of sp³-hybridized carbons (Fsp3) is 0.267. The van der Waals surface area contributed by atoms with Crippen LogP contribution >= 0.6 is 0 Å². The Morgan fingerprint density at radius 2 is 1.90 bits per heavy atom. The first kappa shape index (κ1) is 14.0. The molecule has 0 saturated heterocycles. The minimum atomic E-state index is -0.339. The predicted molar refractivity (Wildman–Crippen MR) is 73.9 cm³/mol. The molecule has 5 nitrogen and oxygen atoms in total. The van der Waals surface area contributed by atoms with Crippen LogP contribution in [0.4, 0.5) is 0 Å². The maximum absolute atomic E-state index is 11.5. The monoisotopic (exact) mass is 272 g/mol. The summed E-state index contributed by atoms with van der Waals surface area (Å²) in [6.45, 7) is 4.15. The van der Waals surface area contributed by atoms with E-state index in [0.717, 1.165) is 12.1 Å². The average molecular weight is 272 g/mol. The Balaban J connectivity index is 2.08. The molecule has 0 bridgehead atoms. The normalized spacial score (nSPS) is 10.1. The molecule has 0 N–H and O–H groups in total. The maximum atomic E-state index is 11.5. The molecular weight excluding hydrogens is 256 g/mol. The molecule has 0 atom stereocenters. The SMILES string of the molecule is CCOC(=O)c1ccc(Oc2cc(CC)ncn2)cc1. The van der Waals surface area contributed by atoms with Crippen molar-refractivity contribution in [1.29, 1.82) is 0 Å². The molecule has 1 aromatic carbocycles. The number of hydrogen-bond donors (Lipinski definition) is 0. The van der Waals surface area contributed by atoms with E-state index in [1.807, 2.05) is 6.92 Å². The second kappa shape index (κ2) is 6.65. The third-order valence-electron chi connectivity index (χ3n) is 2.65. The second-order valence-electron chi connectivity index (χ2n) is 4.05. The number of aryl methyl sites for hydroxylation is 1. The van der Waals surface area contributed by atoms with Gasteiger partial charge in [-0.3, -0.25) is 0 Å². The molecular formula is C15H16N2O3. The molecule has 0 aliphatic rings. The van der Waals surface area contributed by atoms with Gasteiger partial charge in [0.1, 0.15) is 12.1 Å². The van der Waals surface area contributed by atoms with E-state index in [2.05, 4.69) is 9.97 Å². The van der Waals surface area contributed by atoms with E-state index < -0.39 is 0 Å². The van der Waals surface area contributed by atoms with Gasteiger partial charge in [0, 0.05) is 11.8 Å². The Hall–Kier alpha value is -2.43. The largest absolute Gasteiger partial charge is 0.462 e. The van der Waals surface area contributed by atoms with Gasteiger partial charge in [-0.2, -0.15) is 0 Å². The summed E-state index contributed by atoms with van der Waals surface area (Å²) >= 11 is 0. The van der Waals surface area contributed by atoms with Crippen molar-refractivity contribution in [2.24, 2.45) is 0 Å². The molecule has 104 valence electrons. The zero-order chi connectivity index (χ0) is 14.4. The van der Waals surface area contributed by atoms with E-state index in [9.17, 15) is 4.79 Å². The number of rotatable bonds is 5. The molecule has 20 heavy (non-hydrogen) atoms. The van der Waals surface area contributed by atoms with Crippen molar-refractivity contribution in [3.05, 3.63) is 47.9 Å². The number of ether oxygens (including phenoxy) is 2. The molecule has 5 heteroatoms. The van der Waals surface area contributed by atoms with Gasteiger partial charge in [-0.05, 0) is 37.6 Å². The van der Waals surface area contributed by atoms with Crippen LogP contribution in [0.5, 0.6) is 11.6 Å². The van der Waals surface area contributed by atoms with Crippen LogP contribution in [0.1, 0.15) is 29.9 Å². The first-order valence-corrected chi connectivity index (χ1v) is 6.49. The Bertz CT molecular complexity index is 582. The average Bonchev–Trinajstić information content (AvgIpc) is 2.48. The minimum Gasteiger partial charge on any atom is -0.462 e. The molecule has 0 spiro atoms. The first-order chi connectivity index (χ1) is 9.72. The Morgan fingerprint density at radius 3 is 2.55 bits per heavy atom. The van der Waals surface area contributed by atoms with Gasteiger partial charge >= 0.3 is 5.97 Å². The van der Waals surface area contributed by atoms with Crippen LogP contribution in [0, 0.1) is 0 Å². The fourth-order valence-corrected chi connectivity index (χ4v) is 1.62. The van der Waals surface area contributed by atoms with Crippen molar-refractivity contribution >= 4 is 5.97 Å². The van der Waals surface area contributed by atoms with Gasteiger partial charge in [0.15, 0.2) is 0 Å². The molecule has 1 heterocycles. The van der Waals surface area contributed by atoms with Crippen LogP contribution in [0.25, 0.3) is 0 Å². The molecule has 0 unspecified atom stereocenters. The van der Waals surface area contributed by atoms with Crippen LogP contribution in [0.2, 0.25) is 0 Å². The van der Waals surface area contributed by atoms with Gasteiger partial charge in [-0.15, -0.1) is 0 Å². The number of nitrogens with zero attached hydrogens (tertiary/aromatic N) is 2. The predicted octanol–water partition coefficient (Wildman–Crippen LogP) is 3.01. The smallest absolute Gasteiger partial charge is 0.338 e. The highest BCUT2D eigenvalue weighted by molar-refractivity contribution is 5.89. The lowest BCUT2D eigenvalue weighted by Crippen LogP contribution is -2.04. The molecule has 2 aromatic rings. The van der Waals surface area contributed by atoms with E-state index in [1.165, 1.54) is 6.33 Å². The molecule has 0 radical (unpaired) electrons. The number of carbonyl (C=O) groups excluding carboxylic acids is 1. The van der Waals surface area contributed by atoms with Gasteiger partial charge in [0.05, 0.1) is 12.2 Å². The van der Waals surface area contributed by atoms with E-state index >= 15 is 0 Å². The zero-order valence-corrected chi connectivity index (χ0v) is 11.5. The highest BCUT2D eigenvalue weighted by Gasteiger charge is 2.06. The number of benzene rings is 1.